The number of hydrogen-bond donors (Lipinski definition) is 0. The lowest BCUT2D eigenvalue weighted by Gasteiger charge is -2.19. The average Bonchev–Trinajstić information content (AvgIpc) is 3.17. The molecule has 3 aromatic carbocycles. The van der Waals surface area contributed by atoms with Gasteiger partial charge in [-0.3, -0.25) is 0 Å². The highest BCUT2D eigenvalue weighted by Gasteiger charge is 2.20. The third kappa shape index (κ3) is 5.26. The molecule has 1 heterocycles. The molecule has 0 saturated carbocycles. The SMILES string of the molecule is CCC(Oc1ccccc1)c1nc2ccccc2n1CCCCOc1ccc(C)cc1. The number of imidazole rings is 1. The van der Waals surface area contributed by atoms with Gasteiger partial charge in [0.25, 0.3) is 0 Å². The van der Waals surface area contributed by atoms with E-state index in [1.807, 2.05) is 48.5 Å². The van der Waals surface area contributed by atoms with Gasteiger partial charge in [0.05, 0.1) is 17.6 Å². The van der Waals surface area contributed by atoms with Crippen LogP contribution in [-0.4, -0.2) is 16.2 Å². The van der Waals surface area contributed by atoms with Gasteiger partial charge in [-0.05, 0) is 62.6 Å². The van der Waals surface area contributed by atoms with E-state index in [9.17, 15) is 0 Å². The zero-order chi connectivity index (χ0) is 21.5. The first kappa shape index (κ1) is 21.0. The van der Waals surface area contributed by atoms with Crippen LogP contribution in [0.3, 0.4) is 0 Å². The quantitative estimate of drug-likeness (QED) is 0.270. The number of hydrogen-bond acceptors (Lipinski definition) is 3. The first-order valence-corrected chi connectivity index (χ1v) is 11.1. The first-order chi connectivity index (χ1) is 15.2. The number of fused-ring (bicyclic) bond motifs is 1. The predicted octanol–water partition coefficient (Wildman–Crippen LogP) is 6.73. The lowest BCUT2D eigenvalue weighted by Crippen LogP contribution is -2.14. The molecule has 0 aliphatic rings. The molecule has 4 heteroatoms. The molecule has 4 nitrogen and oxygen atoms in total. The Bertz CT molecular complexity index is 1090. The van der Waals surface area contributed by atoms with Gasteiger partial charge in [-0.15, -0.1) is 0 Å². The minimum atomic E-state index is -0.0846. The van der Waals surface area contributed by atoms with Crippen LogP contribution < -0.4 is 9.47 Å². The van der Waals surface area contributed by atoms with Crippen molar-refractivity contribution >= 4 is 11.0 Å². The van der Waals surface area contributed by atoms with E-state index < -0.39 is 0 Å². The predicted molar refractivity (Wildman–Crippen MR) is 126 cm³/mol. The molecule has 0 aliphatic carbocycles. The summed E-state index contributed by atoms with van der Waals surface area (Å²) in [5.41, 5.74) is 3.42. The van der Waals surface area contributed by atoms with Crippen molar-refractivity contribution in [3.8, 4) is 11.5 Å². The standard InChI is InChI=1S/C27H30N2O2/c1-3-26(31-23-11-5-4-6-12-23)27-28-24-13-7-8-14-25(24)29(27)19-9-10-20-30-22-17-15-21(2)16-18-22/h4-8,11-18,26H,3,9-10,19-20H2,1-2H3. The number of ether oxygens (including phenoxy) is 2. The number of unbranched alkanes of at least 4 members (excludes halogenated alkanes) is 1. The molecule has 0 aliphatic heterocycles. The van der Waals surface area contributed by atoms with Crippen LogP contribution in [0, 0.1) is 6.92 Å². The highest BCUT2D eigenvalue weighted by atomic mass is 16.5. The van der Waals surface area contributed by atoms with Crippen molar-refractivity contribution in [1.29, 1.82) is 0 Å². The van der Waals surface area contributed by atoms with E-state index in [-0.39, 0.29) is 6.10 Å². The number of aryl methyl sites for hydroxylation is 2. The van der Waals surface area contributed by atoms with Crippen LogP contribution in [0.15, 0.2) is 78.9 Å². The summed E-state index contributed by atoms with van der Waals surface area (Å²) in [6, 6.07) is 26.5. The van der Waals surface area contributed by atoms with E-state index in [0.29, 0.717) is 6.61 Å². The molecule has 160 valence electrons. The number of aromatic nitrogens is 2. The van der Waals surface area contributed by atoms with Gasteiger partial charge >= 0.3 is 0 Å². The van der Waals surface area contributed by atoms with Gasteiger partial charge in [0.15, 0.2) is 11.9 Å². The number of para-hydroxylation sites is 3. The molecule has 4 aromatic rings. The van der Waals surface area contributed by atoms with Crippen LogP contribution in [0.25, 0.3) is 11.0 Å². The third-order valence-electron chi connectivity index (χ3n) is 5.43. The monoisotopic (exact) mass is 414 g/mol. The van der Waals surface area contributed by atoms with Crippen LogP contribution in [0.1, 0.15) is 43.7 Å². The van der Waals surface area contributed by atoms with E-state index in [1.54, 1.807) is 0 Å². The van der Waals surface area contributed by atoms with Crippen molar-refractivity contribution in [2.45, 2.75) is 45.8 Å². The molecule has 1 aromatic heterocycles. The number of nitrogens with zero attached hydrogens (tertiary/aromatic N) is 2. The summed E-state index contributed by atoms with van der Waals surface area (Å²) < 4.78 is 14.5. The smallest absolute Gasteiger partial charge is 0.156 e. The highest BCUT2D eigenvalue weighted by molar-refractivity contribution is 5.76. The largest absolute Gasteiger partial charge is 0.494 e. The van der Waals surface area contributed by atoms with Gasteiger partial charge < -0.3 is 14.0 Å². The van der Waals surface area contributed by atoms with Crippen molar-refractivity contribution in [2.75, 3.05) is 6.61 Å². The normalized spacial score (nSPS) is 12.1. The molecule has 0 spiro atoms. The molecule has 0 N–H and O–H groups in total. The molecule has 0 saturated heterocycles. The first-order valence-electron chi connectivity index (χ1n) is 11.1. The molecule has 31 heavy (non-hydrogen) atoms. The van der Waals surface area contributed by atoms with Crippen LogP contribution in [-0.2, 0) is 6.54 Å². The second-order valence-electron chi connectivity index (χ2n) is 7.81. The van der Waals surface area contributed by atoms with Crippen molar-refractivity contribution in [1.82, 2.24) is 9.55 Å². The summed E-state index contributed by atoms with van der Waals surface area (Å²) in [7, 11) is 0. The van der Waals surface area contributed by atoms with E-state index in [4.69, 9.17) is 14.5 Å². The molecule has 1 atom stereocenters. The molecular formula is C27H30N2O2. The van der Waals surface area contributed by atoms with Crippen molar-refractivity contribution in [2.24, 2.45) is 0 Å². The number of rotatable bonds is 10. The van der Waals surface area contributed by atoms with Gasteiger partial charge in [0, 0.05) is 6.54 Å². The Balaban J connectivity index is 1.45. The summed E-state index contributed by atoms with van der Waals surface area (Å²) >= 11 is 0. The molecule has 4 rings (SSSR count). The second-order valence-corrected chi connectivity index (χ2v) is 7.81. The minimum Gasteiger partial charge on any atom is -0.494 e. The maximum absolute atomic E-state index is 6.31. The van der Waals surface area contributed by atoms with Crippen LogP contribution >= 0.6 is 0 Å². The number of benzene rings is 3. The van der Waals surface area contributed by atoms with E-state index in [2.05, 4.69) is 48.7 Å². The Kier molecular flexibility index (Phi) is 6.88. The molecule has 0 radical (unpaired) electrons. The highest BCUT2D eigenvalue weighted by Crippen LogP contribution is 2.28. The molecule has 0 amide bonds. The van der Waals surface area contributed by atoms with Gasteiger partial charge in [0.2, 0.25) is 0 Å². The molecular weight excluding hydrogens is 384 g/mol. The second kappa shape index (κ2) is 10.2. The van der Waals surface area contributed by atoms with E-state index in [0.717, 1.165) is 54.2 Å². The van der Waals surface area contributed by atoms with Crippen LogP contribution in [0.4, 0.5) is 0 Å². The minimum absolute atomic E-state index is 0.0846. The maximum atomic E-state index is 6.31. The summed E-state index contributed by atoms with van der Waals surface area (Å²) in [4.78, 5) is 4.94. The van der Waals surface area contributed by atoms with Crippen molar-refractivity contribution in [3.05, 3.63) is 90.3 Å². The fraction of sp³-hybridized carbons (Fsp3) is 0.296. The summed E-state index contributed by atoms with van der Waals surface area (Å²) in [5.74, 6) is 2.80. The van der Waals surface area contributed by atoms with Crippen molar-refractivity contribution in [3.63, 3.8) is 0 Å². The Morgan fingerprint density at radius 1 is 0.839 bits per heavy atom. The average molecular weight is 415 g/mol. The third-order valence-corrected chi connectivity index (χ3v) is 5.43. The van der Waals surface area contributed by atoms with E-state index in [1.165, 1.54) is 5.56 Å². The Labute approximate surface area is 184 Å². The van der Waals surface area contributed by atoms with Gasteiger partial charge in [-0.2, -0.15) is 0 Å². The zero-order valence-electron chi connectivity index (χ0n) is 18.3. The van der Waals surface area contributed by atoms with Gasteiger partial charge in [-0.1, -0.05) is 55.0 Å². The Morgan fingerprint density at radius 2 is 1.58 bits per heavy atom. The Morgan fingerprint density at radius 3 is 2.35 bits per heavy atom. The van der Waals surface area contributed by atoms with Crippen molar-refractivity contribution < 1.29 is 9.47 Å². The fourth-order valence-electron chi connectivity index (χ4n) is 3.75. The lowest BCUT2D eigenvalue weighted by molar-refractivity contribution is 0.186. The van der Waals surface area contributed by atoms with Gasteiger partial charge in [-0.25, -0.2) is 4.98 Å². The topological polar surface area (TPSA) is 36.3 Å². The summed E-state index contributed by atoms with van der Waals surface area (Å²) in [5, 5.41) is 0. The zero-order valence-corrected chi connectivity index (χ0v) is 18.3. The Hall–Kier alpha value is -3.27. The summed E-state index contributed by atoms with van der Waals surface area (Å²) in [6.07, 6.45) is 2.77. The fourth-order valence-corrected chi connectivity index (χ4v) is 3.75. The lowest BCUT2D eigenvalue weighted by atomic mass is 10.2. The molecule has 0 fully saturated rings. The van der Waals surface area contributed by atoms with E-state index >= 15 is 0 Å². The van der Waals surface area contributed by atoms with Crippen LogP contribution in [0.2, 0.25) is 0 Å². The molecule has 1 unspecified atom stereocenters. The molecule has 0 bridgehead atoms. The van der Waals surface area contributed by atoms with Crippen LogP contribution in [0.5, 0.6) is 11.5 Å². The van der Waals surface area contributed by atoms with Gasteiger partial charge in [0.1, 0.15) is 11.5 Å². The maximum Gasteiger partial charge on any atom is 0.156 e. The summed E-state index contributed by atoms with van der Waals surface area (Å²) in [6.45, 7) is 5.83.